The van der Waals surface area contributed by atoms with E-state index in [0.29, 0.717) is 3.70 Å². The zero-order valence-corrected chi connectivity index (χ0v) is 7.60. The summed E-state index contributed by atoms with van der Waals surface area (Å²) >= 11 is 7.31. The van der Waals surface area contributed by atoms with E-state index in [0.717, 1.165) is 0 Å². The van der Waals surface area contributed by atoms with Crippen LogP contribution in [-0.4, -0.2) is 9.97 Å². The highest BCUT2D eigenvalue weighted by Crippen LogP contribution is 2.09. The van der Waals surface area contributed by atoms with Crippen LogP contribution in [-0.2, 0) is 0 Å². The summed E-state index contributed by atoms with van der Waals surface area (Å²) in [6, 6.07) is 0. The van der Waals surface area contributed by atoms with E-state index < -0.39 is 5.56 Å². The Hall–Kier alpha value is -0.300. The first-order valence-electron chi connectivity index (χ1n) is 2.32. The number of aromatic nitrogens is 2. The van der Waals surface area contributed by atoms with Crippen molar-refractivity contribution in [3.8, 4) is 0 Å². The predicted molar refractivity (Wildman–Crippen MR) is 47.0 cm³/mol. The molecule has 0 saturated heterocycles. The lowest BCUT2D eigenvalue weighted by atomic mass is 10.6. The van der Waals surface area contributed by atoms with E-state index in [1.54, 1.807) is 0 Å². The van der Waals surface area contributed by atoms with Gasteiger partial charge in [-0.05, 0) is 22.6 Å². The highest BCUT2D eigenvalue weighted by molar-refractivity contribution is 14.1. The minimum absolute atomic E-state index is 0.0785. The molecule has 3 N–H and O–H groups in total. The van der Waals surface area contributed by atoms with Gasteiger partial charge < -0.3 is 5.73 Å². The largest absolute Gasteiger partial charge is 0.369 e. The molecule has 0 aliphatic rings. The molecule has 0 bridgehead atoms. The molecule has 1 aromatic heterocycles. The van der Waals surface area contributed by atoms with Gasteiger partial charge in [0.15, 0.2) is 0 Å². The number of aromatic amines is 1. The topological polar surface area (TPSA) is 71.8 Å². The Morgan fingerprint density at radius 2 is 2.30 bits per heavy atom. The van der Waals surface area contributed by atoms with Crippen LogP contribution in [0.4, 0.5) is 5.95 Å². The summed E-state index contributed by atoms with van der Waals surface area (Å²) in [4.78, 5) is 16.7. The van der Waals surface area contributed by atoms with Crippen LogP contribution in [0, 0.1) is 3.70 Å². The Morgan fingerprint density at radius 3 is 2.80 bits per heavy atom. The molecule has 0 amide bonds. The second-order valence-electron chi connectivity index (χ2n) is 1.56. The number of nitrogens with two attached hydrogens (primary N) is 1. The number of anilines is 1. The Morgan fingerprint density at radius 1 is 1.70 bits per heavy atom. The van der Waals surface area contributed by atoms with E-state index in [4.69, 9.17) is 17.3 Å². The average molecular weight is 271 g/mol. The maximum Gasteiger partial charge on any atom is 0.272 e. The molecule has 0 spiro atoms. The Kier molecular flexibility index (Phi) is 2.14. The van der Waals surface area contributed by atoms with Crippen LogP contribution in [0.2, 0.25) is 5.02 Å². The molecule has 54 valence electrons. The minimum atomic E-state index is -0.404. The van der Waals surface area contributed by atoms with Gasteiger partial charge in [0.2, 0.25) is 5.95 Å². The number of H-pyrrole nitrogens is 1. The summed E-state index contributed by atoms with van der Waals surface area (Å²) in [5.41, 5.74) is 4.79. The second kappa shape index (κ2) is 2.75. The maximum atomic E-state index is 10.7. The number of nitrogen functional groups attached to an aromatic ring is 1. The van der Waals surface area contributed by atoms with Gasteiger partial charge in [0.05, 0.1) is 0 Å². The monoisotopic (exact) mass is 271 g/mol. The summed E-state index contributed by atoms with van der Waals surface area (Å²) in [7, 11) is 0. The number of rotatable bonds is 0. The fraction of sp³-hybridized carbons (Fsp3) is 0. The smallest absolute Gasteiger partial charge is 0.272 e. The first-order chi connectivity index (χ1) is 4.61. The molecule has 10 heavy (non-hydrogen) atoms. The summed E-state index contributed by atoms with van der Waals surface area (Å²) in [6.07, 6.45) is 0. The third-order valence-corrected chi connectivity index (χ3v) is 2.29. The molecule has 1 heterocycles. The standard InChI is InChI=1S/C4H3ClIN3O/c5-1-2(6)8-4(7)9-3(1)10/h(H3,7,8,9,10). The SMILES string of the molecule is Nc1nc(I)c(Cl)c(=O)[nH]1. The molecule has 4 nitrogen and oxygen atoms in total. The zero-order chi connectivity index (χ0) is 7.72. The number of nitrogens with zero attached hydrogens (tertiary/aromatic N) is 1. The molecule has 0 unspecified atom stereocenters. The molecule has 6 heteroatoms. The molecule has 0 aliphatic carbocycles. The van der Waals surface area contributed by atoms with Gasteiger partial charge in [-0.3, -0.25) is 9.78 Å². The highest BCUT2D eigenvalue weighted by Gasteiger charge is 2.02. The van der Waals surface area contributed by atoms with Crippen LogP contribution in [0.15, 0.2) is 4.79 Å². The van der Waals surface area contributed by atoms with Crippen LogP contribution in [0.5, 0.6) is 0 Å². The van der Waals surface area contributed by atoms with Crippen molar-refractivity contribution in [2.24, 2.45) is 0 Å². The van der Waals surface area contributed by atoms with Crippen LogP contribution < -0.4 is 11.3 Å². The van der Waals surface area contributed by atoms with Crippen LogP contribution in [0.3, 0.4) is 0 Å². The van der Waals surface area contributed by atoms with Crippen molar-refractivity contribution in [2.75, 3.05) is 5.73 Å². The third kappa shape index (κ3) is 1.40. The normalized spacial score (nSPS) is 9.80. The van der Waals surface area contributed by atoms with Gasteiger partial charge in [0, 0.05) is 0 Å². The fourth-order valence-corrected chi connectivity index (χ4v) is 1.04. The lowest BCUT2D eigenvalue weighted by Crippen LogP contribution is -2.12. The van der Waals surface area contributed by atoms with E-state index in [9.17, 15) is 4.79 Å². The summed E-state index contributed by atoms with van der Waals surface area (Å²) < 4.78 is 0.417. The van der Waals surface area contributed by atoms with Crippen LogP contribution in [0.1, 0.15) is 0 Å². The van der Waals surface area contributed by atoms with Gasteiger partial charge in [0.1, 0.15) is 8.72 Å². The molecule has 1 aromatic rings. The quantitative estimate of drug-likeness (QED) is 0.536. The third-order valence-electron chi connectivity index (χ3n) is 0.841. The molecule has 1 rings (SSSR count). The number of nitrogens with one attached hydrogen (secondary N) is 1. The average Bonchev–Trinajstić information content (AvgIpc) is 1.82. The molecule has 0 radical (unpaired) electrons. The molecule has 0 atom stereocenters. The lowest BCUT2D eigenvalue weighted by molar-refractivity contribution is 1.11. The van der Waals surface area contributed by atoms with Crippen molar-refractivity contribution < 1.29 is 0 Å². The number of hydrogen-bond donors (Lipinski definition) is 2. The van der Waals surface area contributed by atoms with Crippen molar-refractivity contribution in [2.45, 2.75) is 0 Å². The van der Waals surface area contributed by atoms with E-state index in [-0.39, 0.29) is 11.0 Å². The Labute approximate surface area is 74.9 Å². The van der Waals surface area contributed by atoms with Gasteiger partial charge in [-0.1, -0.05) is 11.6 Å². The van der Waals surface area contributed by atoms with Crippen LogP contribution in [0.25, 0.3) is 0 Å². The van der Waals surface area contributed by atoms with Crippen molar-refractivity contribution in [1.29, 1.82) is 0 Å². The Bertz CT molecular complexity index is 310. The zero-order valence-electron chi connectivity index (χ0n) is 4.69. The molecule has 0 saturated carbocycles. The van der Waals surface area contributed by atoms with Gasteiger partial charge in [-0.25, -0.2) is 4.98 Å². The van der Waals surface area contributed by atoms with Gasteiger partial charge in [-0.2, -0.15) is 0 Å². The molecule has 0 aliphatic heterocycles. The van der Waals surface area contributed by atoms with E-state index in [1.807, 2.05) is 22.6 Å². The summed E-state index contributed by atoms with van der Waals surface area (Å²) in [6.45, 7) is 0. The van der Waals surface area contributed by atoms with E-state index >= 15 is 0 Å². The maximum absolute atomic E-state index is 10.7. The second-order valence-corrected chi connectivity index (χ2v) is 2.96. The van der Waals surface area contributed by atoms with Crippen LogP contribution >= 0.6 is 34.2 Å². The first kappa shape index (κ1) is 7.80. The molecular formula is C4H3ClIN3O. The summed E-state index contributed by atoms with van der Waals surface area (Å²) in [5, 5.41) is 0.0785. The minimum Gasteiger partial charge on any atom is -0.369 e. The van der Waals surface area contributed by atoms with Crippen molar-refractivity contribution in [1.82, 2.24) is 9.97 Å². The highest BCUT2D eigenvalue weighted by atomic mass is 127. The van der Waals surface area contributed by atoms with E-state index in [1.165, 1.54) is 0 Å². The van der Waals surface area contributed by atoms with Crippen molar-refractivity contribution >= 4 is 40.1 Å². The Balaban J connectivity index is 3.46. The fourth-order valence-electron chi connectivity index (χ4n) is 0.448. The molecule has 0 aromatic carbocycles. The number of hydrogen-bond acceptors (Lipinski definition) is 3. The molecular weight excluding hydrogens is 268 g/mol. The van der Waals surface area contributed by atoms with E-state index in [2.05, 4.69) is 9.97 Å². The van der Waals surface area contributed by atoms with Crippen molar-refractivity contribution in [3.63, 3.8) is 0 Å². The van der Waals surface area contributed by atoms with Gasteiger partial charge in [-0.15, -0.1) is 0 Å². The van der Waals surface area contributed by atoms with Gasteiger partial charge in [0.25, 0.3) is 5.56 Å². The molecule has 0 fully saturated rings. The predicted octanol–water partition coefficient (Wildman–Crippen LogP) is 0.610. The van der Waals surface area contributed by atoms with Crippen molar-refractivity contribution in [3.05, 3.63) is 19.1 Å². The number of halogens is 2. The summed E-state index contributed by atoms with van der Waals surface area (Å²) in [5.74, 6) is 0.0822. The first-order valence-corrected chi connectivity index (χ1v) is 3.77. The lowest BCUT2D eigenvalue weighted by Gasteiger charge is -1.93. The van der Waals surface area contributed by atoms with Gasteiger partial charge >= 0.3 is 0 Å².